The molecule has 114 valence electrons. The second kappa shape index (κ2) is 5.31. The fourth-order valence-electron chi connectivity index (χ4n) is 2.33. The van der Waals surface area contributed by atoms with E-state index in [1.54, 1.807) is 0 Å². The van der Waals surface area contributed by atoms with E-state index in [1.807, 2.05) is 13.8 Å². The Kier molecular flexibility index (Phi) is 3.85. The quantitative estimate of drug-likeness (QED) is 0.513. The smallest absolute Gasteiger partial charge is 0.340 e. The van der Waals surface area contributed by atoms with Crippen LogP contribution in [0.1, 0.15) is 37.0 Å². The van der Waals surface area contributed by atoms with Crippen LogP contribution in [0, 0.1) is 21.8 Å². The molecule has 0 radical (unpaired) electrons. The zero-order valence-electron chi connectivity index (χ0n) is 12.1. The molecule has 0 amide bonds. The molecule has 21 heavy (non-hydrogen) atoms. The van der Waals surface area contributed by atoms with Gasteiger partial charge in [-0.3, -0.25) is 10.1 Å². The van der Waals surface area contributed by atoms with Crippen LogP contribution in [0.15, 0.2) is 12.1 Å². The van der Waals surface area contributed by atoms with Gasteiger partial charge in [-0.2, -0.15) is 0 Å². The normalized spacial score (nSPS) is 14.7. The Morgan fingerprint density at radius 3 is 2.57 bits per heavy atom. The van der Waals surface area contributed by atoms with Crippen molar-refractivity contribution in [2.24, 2.45) is 5.92 Å². The highest BCUT2D eigenvalue weighted by molar-refractivity contribution is 5.92. The second-order valence-corrected chi connectivity index (χ2v) is 5.72. The number of methoxy groups -OCH3 is 1. The lowest BCUT2D eigenvalue weighted by Crippen LogP contribution is -2.33. The molecule has 6 nitrogen and oxygen atoms in total. The zero-order chi connectivity index (χ0) is 15.8. The van der Waals surface area contributed by atoms with E-state index in [-0.39, 0.29) is 16.8 Å². The molecule has 1 aromatic rings. The van der Waals surface area contributed by atoms with Crippen molar-refractivity contribution in [1.29, 1.82) is 0 Å². The van der Waals surface area contributed by atoms with Gasteiger partial charge in [0.2, 0.25) is 0 Å². The summed E-state index contributed by atoms with van der Waals surface area (Å²) in [6.07, 6.45) is 2.08. The van der Waals surface area contributed by atoms with Crippen LogP contribution in [-0.2, 0) is 4.74 Å². The molecule has 0 heterocycles. The molecule has 0 saturated heterocycles. The molecule has 1 aromatic carbocycles. The lowest BCUT2D eigenvalue weighted by molar-refractivity contribution is -0.384. The third-order valence-corrected chi connectivity index (χ3v) is 3.74. The topological polar surface area (TPSA) is 81.5 Å². The highest BCUT2D eigenvalue weighted by atomic mass is 19.1. The van der Waals surface area contributed by atoms with Gasteiger partial charge >= 0.3 is 5.97 Å². The van der Waals surface area contributed by atoms with Crippen LogP contribution in [0.2, 0.25) is 0 Å². The van der Waals surface area contributed by atoms with Gasteiger partial charge < -0.3 is 10.1 Å². The number of anilines is 1. The van der Waals surface area contributed by atoms with Crippen LogP contribution in [-0.4, -0.2) is 23.5 Å². The minimum absolute atomic E-state index is 0.124. The zero-order valence-corrected chi connectivity index (χ0v) is 12.1. The molecule has 1 N–H and O–H groups in total. The first-order valence-corrected chi connectivity index (χ1v) is 6.60. The first-order valence-electron chi connectivity index (χ1n) is 6.60. The third-order valence-electron chi connectivity index (χ3n) is 3.74. The molecule has 0 aliphatic heterocycles. The van der Waals surface area contributed by atoms with Crippen molar-refractivity contribution in [2.75, 3.05) is 12.4 Å². The van der Waals surface area contributed by atoms with E-state index >= 15 is 0 Å². The lowest BCUT2D eigenvalue weighted by Gasteiger charge is -2.27. The summed E-state index contributed by atoms with van der Waals surface area (Å²) >= 11 is 0. The molecule has 1 aliphatic carbocycles. The highest BCUT2D eigenvalue weighted by Crippen LogP contribution is 2.42. The fraction of sp³-hybridized carbons (Fsp3) is 0.500. The van der Waals surface area contributed by atoms with Gasteiger partial charge in [0, 0.05) is 5.54 Å². The van der Waals surface area contributed by atoms with Crippen molar-refractivity contribution in [2.45, 2.75) is 32.2 Å². The summed E-state index contributed by atoms with van der Waals surface area (Å²) < 4.78 is 18.3. The van der Waals surface area contributed by atoms with Gasteiger partial charge in [-0.05, 0) is 38.7 Å². The Balaban J connectivity index is 2.45. The second-order valence-electron chi connectivity index (χ2n) is 5.72. The first kappa shape index (κ1) is 15.2. The Bertz CT molecular complexity index is 597. The molecule has 0 spiro atoms. The molecule has 2 rings (SSSR count). The number of benzene rings is 1. The van der Waals surface area contributed by atoms with Gasteiger partial charge in [-0.15, -0.1) is 0 Å². The van der Waals surface area contributed by atoms with Gasteiger partial charge in [-0.25, -0.2) is 9.18 Å². The lowest BCUT2D eigenvalue weighted by atomic mass is 9.97. The number of nitro benzene ring substituents is 1. The SMILES string of the molecule is COC(=O)c1cc(NC(C)(C)C2CC2)c([N+](=O)[O-])cc1F. The van der Waals surface area contributed by atoms with E-state index in [9.17, 15) is 19.3 Å². The minimum atomic E-state index is -0.969. The van der Waals surface area contributed by atoms with Crippen LogP contribution >= 0.6 is 0 Å². The number of nitrogens with zero attached hydrogens (tertiary/aromatic N) is 1. The van der Waals surface area contributed by atoms with Gasteiger partial charge in [-0.1, -0.05) is 0 Å². The number of carbonyl (C=O) groups excluding carboxylic acids is 1. The Labute approximate surface area is 121 Å². The Morgan fingerprint density at radius 2 is 2.10 bits per heavy atom. The molecule has 0 unspecified atom stereocenters. The molecule has 1 saturated carbocycles. The Hall–Kier alpha value is -2.18. The molecule has 0 atom stereocenters. The summed E-state index contributed by atoms with van der Waals surface area (Å²) in [6.45, 7) is 3.85. The number of carbonyl (C=O) groups is 1. The van der Waals surface area contributed by atoms with Crippen molar-refractivity contribution in [3.05, 3.63) is 33.6 Å². The molecule has 0 aromatic heterocycles. The van der Waals surface area contributed by atoms with Crippen LogP contribution in [0.5, 0.6) is 0 Å². The predicted octanol–water partition coefficient (Wildman–Crippen LogP) is 3.12. The van der Waals surface area contributed by atoms with E-state index in [4.69, 9.17) is 0 Å². The van der Waals surface area contributed by atoms with Gasteiger partial charge in [0.15, 0.2) is 0 Å². The maximum atomic E-state index is 13.8. The van der Waals surface area contributed by atoms with Gasteiger partial charge in [0.05, 0.1) is 23.7 Å². The maximum Gasteiger partial charge on any atom is 0.340 e. The Morgan fingerprint density at radius 1 is 1.48 bits per heavy atom. The number of halogens is 1. The van der Waals surface area contributed by atoms with Crippen molar-refractivity contribution in [3.8, 4) is 0 Å². The third kappa shape index (κ3) is 3.12. The molecule has 0 bridgehead atoms. The van der Waals surface area contributed by atoms with Crippen LogP contribution in [0.25, 0.3) is 0 Å². The van der Waals surface area contributed by atoms with Crippen LogP contribution in [0.3, 0.4) is 0 Å². The average Bonchev–Trinajstić information content (AvgIpc) is 3.23. The number of nitrogens with one attached hydrogen (secondary N) is 1. The summed E-state index contributed by atoms with van der Waals surface area (Å²) in [5.41, 5.74) is -0.958. The van der Waals surface area contributed by atoms with E-state index in [0.717, 1.165) is 32.1 Å². The largest absolute Gasteiger partial charge is 0.465 e. The van der Waals surface area contributed by atoms with Crippen molar-refractivity contribution in [1.82, 2.24) is 0 Å². The summed E-state index contributed by atoms with van der Waals surface area (Å²) in [7, 11) is 1.13. The molecule has 7 heteroatoms. The maximum absolute atomic E-state index is 13.8. The summed E-state index contributed by atoms with van der Waals surface area (Å²) in [5, 5.41) is 14.1. The summed E-state index contributed by atoms with van der Waals surface area (Å²) in [6, 6.07) is 1.89. The summed E-state index contributed by atoms with van der Waals surface area (Å²) in [5.74, 6) is -1.43. The standard InChI is InChI=1S/C14H17FN2O4/c1-14(2,8-4-5-8)16-11-6-9(13(18)21-3)10(15)7-12(11)17(19)20/h6-8,16H,4-5H2,1-3H3. The molecular weight excluding hydrogens is 279 g/mol. The number of hydrogen-bond acceptors (Lipinski definition) is 5. The van der Waals surface area contributed by atoms with Crippen molar-refractivity contribution in [3.63, 3.8) is 0 Å². The number of hydrogen-bond donors (Lipinski definition) is 1. The van der Waals surface area contributed by atoms with Crippen LogP contribution < -0.4 is 5.32 Å². The summed E-state index contributed by atoms with van der Waals surface area (Å²) in [4.78, 5) is 21.9. The molecule has 1 fully saturated rings. The van der Waals surface area contributed by atoms with Crippen molar-refractivity contribution < 1.29 is 18.8 Å². The highest BCUT2D eigenvalue weighted by Gasteiger charge is 2.39. The first-order chi connectivity index (χ1) is 9.76. The van der Waals surface area contributed by atoms with E-state index in [1.165, 1.54) is 0 Å². The molecule has 1 aliphatic rings. The van der Waals surface area contributed by atoms with Gasteiger partial charge in [0.25, 0.3) is 5.69 Å². The number of ether oxygens (including phenoxy) is 1. The predicted molar refractivity (Wildman–Crippen MR) is 74.8 cm³/mol. The minimum Gasteiger partial charge on any atom is -0.465 e. The molecular formula is C14H17FN2O4. The number of esters is 1. The van der Waals surface area contributed by atoms with E-state index in [0.29, 0.717) is 5.92 Å². The average molecular weight is 296 g/mol. The number of rotatable bonds is 5. The fourth-order valence-corrected chi connectivity index (χ4v) is 2.33. The van der Waals surface area contributed by atoms with E-state index < -0.39 is 22.4 Å². The number of nitro groups is 1. The monoisotopic (exact) mass is 296 g/mol. The van der Waals surface area contributed by atoms with Crippen molar-refractivity contribution >= 4 is 17.3 Å². The van der Waals surface area contributed by atoms with Gasteiger partial charge in [0.1, 0.15) is 11.5 Å². The van der Waals surface area contributed by atoms with E-state index in [2.05, 4.69) is 10.1 Å². The van der Waals surface area contributed by atoms with Crippen LogP contribution in [0.4, 0.5) is 15.8 Å².